The molecule has 0 bridgehead atoms. The highest BCUT2D eigenvalue weighted by Crippen LogP contribution is 2.51. The van der Waals surface area contributed by atoms with E-state index in [2.05, 4.69) is 20.8 Å². The molecule has 5 nitrogen and oxygen atoms in total. The molecular formula is C13H21NO4. The zero-order chi connectivity index (χ0) is 13.5. The maximum absolute atomic E-state index is 11.7. The van der Waals surface area contributed by atoms with Crippen LogP contribution < -0.4 is 0 Å². The molecule has 2 fully saturated rings. The lowest BCUT2D eigenvalue weighted by molar-refractivity contribution is -0.139. The average molecular weight is 255 g/mol. The van der Waals surface area contributed by atoms with Gasteiger partial charge >= 0.3 is 12.1 Å². The Bertz CT molecular complexity index is 348. The zero-order valence-electron chi connectivity index (χ0n) is 11.2. The molecule has 1 aliphatic heterocycles. The van der Waals surface area contributed by atoms with Gasteiger partial charge in [0, 0.05) is 13.1 Å². The van der Waals surface area contributed by atoms with Crippen LogP contribution in [0.3, 0.4) is 0 Å². The number of hydrogen-bond acceptors (Lipinski definition) is 3. The van der Waals surface area contributed by atoms with Gasteiger partial charge in [0.05, 0.1) is 12.5 Å². The number of rotatable bonds is 3. The third-order valence-electron chi connectivity index (χ3n) is 3.81. The first kappa shape index (κ1) is 13.2. The number of aliphatic carboxylic acids is 1. The first-order valence-corrected chi connectivity index (χ1v) is 6.44. The minimum atomic E-state index is -0.731. The van der Waals surface area contributed by atoms with E-state index in [0.717, 1.165) is 6.42 Å². The summed E-state index contributed by atoms with van der Waals surface area (Å²) in [5.41, 5.74) is 0.155. The molecule has 0 radical (unpaired) electrons. The van der Waals surface area contributed by atoms with Crippen molar-refractivity contribution in [3.8, 4) is 0 Å². The van der Waals surface area contributed by atoms with Gasteiger partial charge in [-0.1, -0.05) is 20.8 Å². The predicted octanol–water partition coefficient (Wildman–Crippen LogP) is 1.82. The van der Waals surface area contributed by atoms with Crippen molar-refractivity contribution in [2.45, 2.75) is 27.2 Å². The summed E-state index contributed by atoms with van der Waals surface area (Å²) >= 11 is 0. The molecule has 18 heavy (non-hydrogen) atoms. The maximum Gasteiger partial charge on any atom is 0.409 e. The molecule has 0 aromatic heterocycles. The van der Waals surface area contributed by atoms with Crippen molar-refractivity contribution in [3.63, 3.8) is 0 Å². The molecule has 0 aromatic carbocycles. The van der Waals surface area contributed by atoms with Crippen LogP contribution in [0.15, 0.2) is 0 Å². The standard InChI is InChI=1S/C13H21NO4/c1-13(2,3)4-5-18-12(17)14-6-8-9(7-14)10(8)11(15)16/h8-10H,4-7H2,1-3H3,(H,15,16)/t8-,9+,10?. The van der Waals surface area contributed by atoms with Crippen LogP contribution in [0.4, 0.5) is 4.79 Å². The Labute approximate surface area is 107 Å². The Morgan fingerprint density at radius 3 is 2.28 bits per heavy atom. The lowest BCUT2D eigenvalue weighted by Crippen LogP contribution is -2.33. The second kappa shape index (κ2) is 4.44. The second-order valence-corrected chi connectivity index (χ2v) is 6.52. The van der Waals surface area contributed by atoms with E-state index in [1.54, 1.807) is 4.90 Å². The monoisotopic (exact) mass is 255 g/mol. The summed E-state index contributed by atoms with van der Waals surface area (Å²) in [7, 11) is 0. The quantitative estimate of drug-likeness (QED) is 0.835. The van der Waals surface area contributed by atoms with Crippen molar-refractivity contribution in [3.05, 3.63) is 0 Å². The molecule has 1 unspecified atom stereocenters. The van der Waals surface area contributed by atoms with Crippen molar-refractivity contribution in [1.82, 2.24) is 4.90 Å². The highest BCUT2D eigenvalue weighted by atomic mass is 16.6. The van der Waals surface area contributed by atoms with Crippen LogP contribution in [-0.4, -0.2) is 41.8 Å². The first-order valence-electron chi connectivity index (χ1n) is 6.44. The van der Waals surface area contributed by atoms with Gasteiger partial charge in [0.15, 0.2) is 0 Å². The lowest BCUT2D eigenvalue weighted by atomic mass is 9.93. The number of likely N-dealkylation sites (tertiary alicyclic amines) is 1. The summed E-state index contributed by atoms with van der Waals surface area (Å²) in [6.07, 6.45) is 0.535. The Kier molecular flexibility index (Phi) is 3.25. The van der Waals surface area contributed by atoms with Crippen LogP contribution in [0, 0.1) is 23.2 Å². The van der Waals surface area contributed by atoms with E-state index in [-0.39, 0.29) is 29.3 Å². The molecule has 3 atom stereocenters. The zero-order valence-corrected chi connectivity index (χ0v) is 11.2. The van der Waals surface area contributed by atoms with Crippen molar-refractivity contribution >= 4 is 12.1 Å². The summed E-state index contributed by atoms with van der Waals surface area (Å²) in [6.45, 7) is 7.80. The summed E-state index contributed by atoms with van der Waals surface area (Å²) in [6, 6.07) is 0. The molecule has 1 aliphatic carbocycles. The molecular weight excluding hydrogens is 234 g/mol. The number of hydrogen-bond donors (Lipinski definition) is 1. The molecule has 5 heteroatoms. The number of ether oxygens (including phenoxy) is 1. The fraction of sp³-hybridized carbons (Fsp3) is 0.846. The van der Waals surface area contributed by atoms with E-state index in [1.807, 2.05) is 0 Å². The number of carboxylic acids is 1. The minimum absolute atomic E-state index is 0.151. The summed E-state index contributed by atoms with van der Waals surface area (Å²) in [4.78, 5) is 24.2. The van der Waals surface area contributed by atoms with E-state index in [0.29, 0.717) is 19.7 Å². The summed E-state index contributed by atoms with van der Waals surface area (Å²) in [5, 5.41) is 8.88. The number of fused-ring (bicyclic) bond motifs is 1. The van der Waals surface area contributed by atoms with Crippen molar-refractivity contribution in [2.24, 2.45) is 23.2 Å². The topological polar surface area (TPSA) is 66.8 Å². The number of carbonyl (C=O) groups excluding carboxylic acids is 1. The third-order valence-corrected chi connectivity index (χ3v) is 3.81. The van der Waals surface area contributed by atoms with Gasteiger partial charge in [-0.15, -0.1) is 0 Å². The molecule has 2 rings (SSSR count). The van der Waals surface area contributed by atoms with Crippen molar-refractivity contribution in [1.29, 1.82) is 0 Å². The van der Waals surface area contributed by atoms with E-state index in [4.69, 9.17) is 9.84 Å². The van der Waals surface area contributed by atoms with Gasteiger partial charge in [-0.05, 0) is 23.7 Å². The van der Waals surface area contributed by atoms with Gasteiger partial charge in [0.2, 0.25) is 0 Å². The highest BCUT2D eigenvalue weighted by Gasteiger charge is 2.60. The van der Waals surface area contributed by atoms with E-state index >= 15 is 0 Å². The lowest BCUT2D eigenvalue weighted by Gasteiger charge is -2.21. The van der Waals surface area contributed by atoms with Crippen LogP contribution >= 0.6 is 0 Å². The molecule has 1 amide bonds. The number of carbonyl (C=O) groups is 2. The molecule has 0 spiro atoms. The summed E-state index contributed by atoms with van der Waals surface area (Å²) in [5.74, 6) is -0.662. The number of carboxylic acid groups (broad SMARTS) is 1. The predicted molar refractivity (Wildman–Crippen MR) is 65.1 cm³/mol. The smallest absolute Gasteiger partial charge is 0.409 e. The molecule has 1 heterocycles. The number of nitrogens with zero attached hydrogens (tertiary/aromatic N) is 1. The fourth-order valence-corrected chi connectivity index (χ4v) is 2.58. The van der Waals surface area contributed by atoms with Crippen LogP contribution in [0.5, 0.6) is 0 Å². The fourth-order valence-electron chi connectivity index (χ4n) is 2.58. The third kappa shape index (κ3) is 2.76. The van der Waals surface area contributed by atoms with Crippen molar-refractivity contribution < 1.29 is 19.4 Å². The highest BCUT2D eigenvalue weighted by molar-refractivity contribution is 5.76. The molecule has 1 saturated heterocycles. The first-order chi connectivity index (χ1) is 8.29. The van der Waals surface area contributed by atoms with Crippen LogP contribution in [0.25, 0.3) is 0 Å². The average Bonchev–Trinajstić information content (AvgIpc) is 2.73. The molecule has 2 aliphatic rings. The van der Waals surface area contributed by atoms with E-state index < -0.39 is 5.97 Å². The van der Waals surface area contributed by atoms with Crippen LogP contribution in [0.2, 0.25) is 0 Å². The maximum atomic E-state index is 11.7. The van der Waals surface area contributed by atoms with Gasteiger partial charge in [-0.3, -0.25) is 4.79 Å². The van der Waals surface area contributed by atoms with E-state index in [1.165, 1.54) is 0 Å². The van der Waals surface area contributed by atoms with Crippen molar-refractivity contribution in [2.75, 3.05) is 19.7 Å². The molecule has 1 saturated carbocycles. The number of amides is 1. The van der Waals surface area contributed by atoms with Crippen LogP contribution in [-0.2, 0) is 9.53 Å². The van der Waals surface area contributed by atoms with Gasteiger partial charge in [-0.2, -0.15) is 0 Å². The van der Waals surface area contributed by atoms with Crippen LogP contribution in [0.1, 0.15) is 27.2 Å². The molecule has 0 aromatic rings. The van der Waals surface area contributed by atoms with Gasteiger partial charge in [0.1, 0.15) is 0 Å². The van der Waals surface area contributed by atoms with Gasteiger partial charge < -0.3 is 14.7 Å². The molecule has 1 N–H and O–H groups in total. The van der Waals surface area contributed by atoms with Gasteiger partial charge in [0.25, 0.3) is 0 Å². The normalized spacial score (nSPS) is 29.9. The van der Waals surface area contributed by atoms with Gasteiger partial charge in [-0.25, -0.2) is 4.79 Å². The Balaban J connectivity index is 1.69. The summed E-state index contributed by atoms with van der Waals surface area (Å²) < 4.78 is 5.21. The Hall–Kier alpha value is -1.26. The SMILES string of the molecule is CC(C)(C)CCOC(=O)N1C[C@@H]2C(C(=O)O)[C@@H]2C1. The Morgan fingerprint density at radius 1 is 1.28 bits per heavy atom. The minimum Gasteiger partial charge on any atom is -0.481 e. The molecule has 102 valence electrons. The van der Waals surface area contributed by atoms with E-state index in [9.17, 15) is 9.59 Å². The Morgan fingerprint density at radius 2 is 1.83 bits per heavy atom. The largest absolute Gasteiger partial charge is 0.481 e. The number of piperidine rings is 1. The second-order valence-electron chi connectivity index (χ2n) is 6.52.